The van der Waals surface area contributed by atoms with Crippen LogP contribution in [0.15, 0.2) is 77.6 Å². The van der Waals surface area contributed by atoms with Crippen LogP contribution in [0.3, 0.4) is 0 Å². The van der Waals surface area contributed by atoms with Gasteiger partial charge in [0.05, 0.1) is 15.5 Å². The van der Waals surface area contributed by atoms with Gasteiger partial charge in [0.1, 0.15) is 12.4 Å². The molecule has 0 amide bonds. The van der Waals surface area contributed by atoms with Gasteiger partial charge >= 0.3 is 0 Å². The SMILES string of the molecule is O=c1c(C#CCOc2ccccc2Cl)c(-c2ccccc2)sc2ccc(Cl)cc12. The highest BCUT2D eigenvalue weighted by molar-refractivity contribution is 7.21. The zero-order valence-electron chi connectivity index (χ0n) is 15.1. The van der Waals surface area contributed by atoms with Gasteiger partial charge in [0.2, 0.25) is 5.43 Å². The van der Waals surface area contributed by atoms with Gasteiger partial charge in [-0.1, -0.05) is 77.5 Å². The molecular weight excluding hydrogens is 423 g/mol. The predicted molar refractivity (Wildman–Crippen MR) is 122 cm³/mol. The Morgan fingerprint density at radius 2 is 1.69 bits per heavy atom. The summed E-state index contributed by atoms with van der Waals surface area (Å²) in [5, 5.41) is 1.61. The first-order chi connectivity index (χ1) is 14.1. The van der Waals surface area contributed by atoms with Crippen LogP contribution in [-0.4, -0.2) is 6.61 Å². The average molecular weight is 437 g/mol. The quantitative estimate of drug-likeness (QED) is 0.335. The van der Waals surface area contributed by atoms with E-state index < -0.39 is 0 Å². The van der Waals surface area contributed by atoms with Crippen molar-refractivity contribution in [1.82, 2.24) is 0 Å². The molecule has 0 spiro atoms. The summed E-state index contributed by atoms with van der Waals surface area (Å²) in [6.07, 6.45) is 0. The summed E-state index contributed by atoms with van der Waals surface area (Å²) < 4.78 is 6.50. The first kappa shape index (κ1) is 19.5. The van der Waals surface area contributed by atoms with E-state index in [9.17, 15) is 4.79 Å². The van der Waals surface area contributed by atoms with Crippen molar-refractivity contribution in [3.8, 4) is 28.0 Å². The first-order valence-corrected chi connectivity index (χ1v) is 10.4. The first-order valence-electron chi connectivity index (χ1n) is 8.81. The number of para-hydroxylation sites is 1. The minimum absolute atomic E-state index is 0.121. The van der Waals surface area contributed by atoms with Gasteiger partial charge in [-0.15, -0.1) is 11.3 Å². The molecule has 2 nitrogen and oxygen atoms in total. The molecule has 0 unspecified atom stereocenters. The highest BCUT2D eigenvalue weighted by Crippen LogP contribution is 2.32. The van der Waals surface area contributed by atoms with Gasteiger partial charge in [-0.3, -0.25) is 4.79 Å². The molecule has 0 radical (unpaired) electrons. The topological polar surface area (TPSA) is 26.3 Å². The van der Waals surface area contributed by atoms with Crippen molar-refractivity contribution in [2.24, 2.45) is 0 Å². The zero-order chi connectivity index (χ0) is 20.2. The Balaban J connectivity index is 1.77. The van der Waals surface area contributed by atoms with Gasteiger partial charge in [0.15, 0.2) is 0 Å². The molecule has 0 N–H and O–H groups in total. The molecule has 29 heavy (non-hydrogen) atoms. The molecule has 5 heteroatoms. The summed E-state index contributed by atoms with van der Waals surface area (Å²) in [5.74, 6) is 6.53. The molecule has 0 saturated carbocycles. The molecule has 0 atom stereocenters. The number of hydrogen-bond donors (Lipinski definition) is 0. The Bertz CT molecular complexity index is 1300. The van der Waals surface area contributed by atoms with Gasteiger partial charge in [-0.25, -0.2) is 0 Å². The summed E-state index contributed by atoms with van der Waals surface area (Å²) in [4.78, 5) is 14.0. The number of halogens is 2. The van der Waals surface area contributed by atoms with Crippen molar-refractivity contribution in [2.45, 2.75) is 0 Å². The fourth-order valence-electron chi connectivity index (χ4n) is 2.87. The fraction of sp³-hybridized carbons (Fsp3) is 0.0417. The second-order valence-electron chi connectivity index (χ2n) is 6.16. The van der Waals surface area contributed by atoms with Gasteiger partial charge < -0.3 is 4.74 Å². The summed E-state index contributed by atoms with van der Waals surface area (Å²) in [6.45, 7) is 0.121. The van der Waals surface area contributed by atoms with Crippen LogP contribution in [0.25, 0.3) is 20.5 Å². The van der Waals surface area contributed by atoms with E-state index in [1.807, 2.05) is 48.5 Å². The van der Waals surface area contributed by atoms with Crippen LogP contribution in [-0.2, 0) is 0 Å². The summed E-state index contributed by atoms with van der Waals surface area (Å²) in [6, 6.07) is 22.3. The molecule has 0 fully saturated rings. The van der Waals surface area contributed by atoms with Gasteiger partial charge in [0, 0.05) is 15.1 Å². The van der Waals surface area contributed by atoms with E-state index in [1.54, 1.807) is 24.3 Å². The molecule has 0 saturated heterocycles. The van der Waals surface area contributed by atoms with Crippen LogP contribution in [0.4, 0.5) is 0 Å². The smallest absolute Gasteiger partial charge is 0.204 e. The highest BCUT2D eigenvalue weighted by Gasteiger charge is 2.13. The van der Waals surface area contributed by atoms with Crippen LogP contribution >= 0.6 is 34.5 Å². The Hall–Kier alpha value is -2.77. The minimum atomic E-state index is -0.134. The second-order valence-corrected chi connectivity index (χ2v) is 8.06. The maximum Gasteiger partial charge on any atom is 0.204 e. The van der Waals surface area contributed by atoms with Crippen LogP contribution in [0, 0.1) is 11.8 Å². The molecule has 0 bridgehead atoms. The molecule has 142 valence electrons. The van der Waals surface area contributed by atoms with E-state index in [0.717, 1.165) is 15.1 Å². The average Bonchev–Trinajstić information content (AvgIpc) is 2.74. The Morgan fingerprint density at radius 3 is 2.48 bits per heavy atom. The van der Waals surface area contributed by atoms with Gasteiger partial charge in [-0.05, 0) is 35.9 Å². The molecule has 4 rings (SSSR count). The van der Waals surface area contributed by atoms with E-state index in [1.165, 1.54) is 11.3 Å². The zero-order valence-corrected chi connectivity index (χ0v) is 17.4. The normalized spacial score (nSPS) is 10.4. The lowest BCUT2D eigenvalue weighted by molar-refractivity contribution is 0.370. The molecule has 3 aromatic carbocycles. The molecule has 1 aromatic heterocycles. The van der Waals surface area contributed by atoms with Gasteiger partial charge in [0.25, 0.3) is 0 Å². The van der Waals surface area contributed by atoms with Crippen molar-refractivity contribution < 1.29 is 4.74 Å². The van der Waals surface area contributed by atoms with Crippen LogP contribution in [0.2, 0.25) is 10.0 Å². The van der Waals surface area contributed by atoms with Crippen molar-refractivity contribution in [1.29, 1.82) is 0 Å². The maximum absolute atomic E-state index is 13.2. The monoisotopic (exact) mass is 436 g/mol. The third-order valence-electron chi connectivity index (χ3n) is 4.24. The van der Waals surface area contributed by atoms with E-state index in [-0.39, 0.29) is 12.0 Å². The van der Waals surface area contributed by atoms with Gasteiger partial charge in [-0.2, -0.15) is 0 Å². The molecule has 0 aliphatic heterocycles. The van der Waals surface area contributed by atoms with Crippen molar-refractivity contribution in [2.75, 3.05) is 6.61 Å². The summed E-state index contributed by atoms with van der Waals surface area (Å²) >= 11 is 13.7. The molecular formula is C24H14Cl2O2S. The number of ether oxygens (including phenoxy) is 1. The maximum atomic E-state index is 13.2. The number of fused-ring (bicyclic) bond motifs is 1. The highest BCUT2D eigenvalue weighted by atomic mass is 35.5. The molecule has 0 aliphatic rings. The van der Waals surface area contributed by atoms with Crippen LogP contribution in [0.1, 0.15) is 5.56 Å². The summed E-state index contributed by atoms with van der Waals surface area (Å²) in [7, 11) is 0. The Morgan fingerprint density at radius 1 is 0.931 bits per heavy atom. The van der Waals surface area contributed by atoms with Crippen molar-refractivity contribution in [3.05, 3.63) is 98.6 Å². The molecule has 0 aliphatic carbocycles. The van der Waals surface area contributed by atoms with Crippen molar-refractivity contribution >= 4 is 44.6 Å². The Labute approximate surface area is 182 Å². The number of benzene rings is 3. The Kier molecular flexibility index (Phi) is 5.87. The van der Waals surface area contributed by atoms with Crippen LogP contribution in [0.5, 0.6) is 5.75 Å². The lowest BCUT2D eigenvalue weighted by Crippen LogP contribution is -2.07. The predicted octanol–water partition coefficient (Wildman–Crippen LogP) is 6.67. The fourth-order valence-corrected chi connectivity index (χ4v) is 4.35. The summed E-state index contributed by atoms with van der Waals surface area (Å²) in [5.41, 5.74) is 1.26. The lowest BCUT2D eigenvalue weighted by atomic mass is 10.1. The van der Waals surface area contributed by atoms with E-state index in [0.29, 0.717) is 26.7 Å². The number of rotatable bonds is 3. The second kappa shape index (κ2) is 8.71. The standard InChI is InChI=1S/C24H14Cl2O2S/c25-17-12-13-22-19(15-17)23(27)18(24(29-22)16-7-2-1-3-8-16)9-6-14-28-21-11-5-4-10-20(21)26/h1-5,7-8,10-13,15H,14H2. The largest absolute Gasteiger partial charge is 0.479 e. The van der Waals surface area contributed by atoms with E-state index >= 15 is 0 Å². The van der Waals surface area contributed by atoms with Crippen molar-refractivity contribution in [3.63, 3.8) is 0 Å². The third kappa shape index (κ3) is 4.31. The number of hydrogen-bond acceptors (Lipinski definition) is 3. The molecule has 1 heterocycles. The van der Waals surface area contributed by atoms with E-state index in [2.05, 4.69) is 11.8 Å². The third-order valence-corrected chi connectivity index (χ3v) is 6.01. The lowest BCUT2D eigenvalue weighted by Gasteiger charge is -2.07. The minimum Gasteiger partial charge on any atom is -0.479 e. The van der Waals surface area contributed by atoms with Crippen LogP contribution < -0.4 is 10.2 Å². The van der Waals surface area contributed by atoms with E-state index in [4.69, 9.17) is 27.9 Å². The molecule has 4 aromatic rings.